The molecule has 2 amide bonds. The quantitative estimate of drug-likeness (QED) is 0.604. The van der Waals surface area contributed by atoms with E-state index in [1.807, 2.05) is 0 Å². The summed E-state index contributed by atoms with van der Waals surface area (Å²) in [6, 6.07) is -0.499. The zero-order valence-electron chi connectivity index (χ0n) is 8.01. The van der Waals surface area contributed by atoms with E-state index in [1.54, 1.807) is 6.92 Å². The molecule has 0 spiro atoms. The molecule has 5 nitrogen and oxygen atoms in total. The Kier molecular flexibility index (Phi) is 4.72. The van der Waals surface area contributed by atoms with Crippen LogP contribution in [0.3, 0.4) is 0 Å². The van der Waals surface area contributed by atoms with E-state index in [0.717, 1.165) is 0 Å². The average molecular weight is 186 g/mol. The number of hydrogen-bond donors (Lipinski definition) is 2. The normalized spacial score (nSPS) is 11.6. The number of rotatable bonds is 4. The first-order chi connectivity index (χ1) is 5.93. The van der Waals surface area contributed by atoms with Gasteiger partial charge in [0.25, 0.3) is 0 Å². The van der Waals surface area contributed by atoms with Crippen molar-refractivity contribution in [3.8, 4) is 0 Å². The first kappa shape index (κ1) is 11.6. The van der Waals surface area contributed by atoms with Crippen molar-refractivity contribution in [2.75, 3.05) is 6.54 Å². The Bertz CT molecular complexity index is 225. The van der Waals surface area contributed by atoms with Crippen LogP contribution in [0.15, 0.2) is 0 Å². The van der Waals surface area contributed by atoms with Crippen LogP contribution in [-0.2, 0) is 14.4 Å². The highest BCUT2D eigenvalue weighted by atomic mass is 16.2. The second-order valence-corrected chi connectivity index (χ2v) is 2.81. The number of carbonyl (C=O) groups excluding carboxylic acids is 3. The van der Waals surface area contributed by atoms with Gasteiger partial charge in [-0.15, -0.1) is 0 Å². The lowest BCUT2D eigenvalue weighted by Gasteiger charge is -2.10. The van der Waals surface area contributed by atoms with E-state index in [0.29, 0.717) is 0 Å². The highest BCUT2D eigenvalue weighted by molar-refractivity contribution is 5.89. The van der Waals surface area contributed by atoms with E-state index in [9.17, 15) is 14.4 Å². The summed E-state index contributed by atoms with van der Waals surface area (Å²) in [6.45, 7) is 4.21. The molecular formula is C8H14N2O3. The molecule has 0 fully saturated rings. The summed E-state index contributed by atoms with van der Waals surface area (Å²) in [5.41, 5.74) is 0. The van der Waals surface area contributed by atoms with Crippen LogP contribution >= 0.6 is 0 Å². The third-order valence-electron chi connectivity index (χ3n) is 1.49. The Morgan fingerprint density at radius 2 is 1.77 bits per heavy atom. The van der Waals surface area contributed by atoms with E-state index < -0.39 is 6.04 Å². The van der Waals surface area contributed by atoms with Crippen LogP contribution in [0.2, 0.25) is 0 Å². The molecule has 13 heavy (non-hydrogen) atoms. The maximum absolute atomic E-state index is 11.0. The highest BCUT2D eigenvalue weighted by Crippen LogP contribution is 1.82. The van der Waals surface area contributed by atoms with Crippen LogP contribution in [0.1, 0.15) is 20.8 Å². The van der Waals surface area contributed by atoms with Crippen molar-refractivity contribution in [3.05, 3.63) is 0 Å². The van der Waals surface area contributed by atoms with Crippen molar-refractivity contribution in [2.45, 2.75) is 26.8 Å². The van der Waals surface area contributed by atoms with Crippen LogP contribution in [0.25, 0.3) is 0 Å². The first-order valence-corrected chi connectivity index (χ1v) is 3.97. The Hall–Kier alpha value is -1.39. The van der Waals surface area contributed by atoms with Crippen molar-refractivity contribution >= 4 is 17.6 Å². The number of amides is 2. The minimum absolute atomic E-state index is 0.0903. The van der Waals surface area contributed by atoms with Crippen molar-refractivity contribution < 1.29 is 14.4 Å². The van der Waals surface area contributed by atoms with Crippen LogP contribution in [0, 0.1) is 0 Å². The summed E-state index contributed by atoms with van der Waals surface area (Å²) in [5.74, 6) is -0.750. The Balaban J connectivity index is 3.74. The van der Waals surface area contributed by atoms with Gasteiger partial charge in [-0.1, -0.05) is 0 Å². The highest BCUT2D eigenvalue weighted by Gasteiger charge is 2.10. The van der Waals surface area contributed by atoms with Gasteiger partial charge in [-0.25, -0.2) is 0 Å². The van der Waals surface area contributed by atoms with Crippen LogP contribution in [0.4, 0.5) is 0 Å². The molecule has 0 aliphatic carbocycles. The topological polar surface area (TPSA) is 75.3 Å². The number of hydrogen-bond acceptors (Lipinski definition) is 3. The van der Waals surface area contributed by atoms with Gasteiger partial charge in [0.1, 0.15) is 0 Å². The average Bonchev–Trinajstić information content (AvgIpc) is 2.00. The molecule has 0 saturated heterocycles. The van der Waals surface area contributed by atoms with Gasteiger partial charge in [-0.2, -0.15) is 0 Å². The molecule has 0 bridgehead atoms. The second-order valence-electron chi connectivity index (χ2n) is 2.81. The van der Waals surface area contributed by atoms with Crippen molar-refractivity contribution in [1.29, 1.82) is 0 Å². The first-order valence-electron chi connectivity index (χ1n) is 3.97. The van der Waals surface area contributed by atoms with Gasteiger partial charge in [0.2, 0.25) is 11.8 Å². The molecule has 1 atom stereocenters. The van der Waals surface area contributed by atoms with Gasteiger partial charge < -0.3 is 10.6 Å². The molecule has 0 heterocycles. The standard InChI is InChI=1S/C8H14N2O3/c1-5(6(2)11)10-8(13)4-9-7(3)12/h5H,4H2,1-3H3,(H,9,12)(H,10,13)/t5-/m0/s1. The summed E-state index contributed by atoms with van der Waals surface area (Å²) < 4.78 is 0. The Labute approximate surface area is 76.9 Å². The third kappa shape index (κ3) is 5.84. The largest absolute Gasteiger partial charge is 0.347 e. The maximum atomic E-state index is 11.0. The molecule has 5 heteroatoms. The van der Waals surface area contributed by atoms with Crippen molar-refractivity contribution in [3.63, 3.8) is 0 Å². The SMILES string of the molecule is CC(=O)NCC(=O)N[C@@H](C)C(C)=O. The van der Waals surface area contributed by atoms with E-state index in [4.69, 9.17) is 0 Å². The molecule has 0 aliphatic heterocycles. The summed E-state index contributed by atoms with van der Waals surface area (Å²) in [4.78, 5) is 32.1. The molecule has 74 valence electrons. The zero-order chi connectivity index (χ0) is 10.4. The second kappa shape index (κ2) is 5.29. The number of ketones is 1. The molecule has 0 aromatic rings. The lowest BCUT2D eigenvalue weighted by atomic mass is 10.2. The van der Waals surface area contributed by atoms with Crippen LogP contribution < -0.4 is 10.6 Å². The number of carbonyl (C=O) groups is 3. The fourth-order valence-corrected chi connectivity index (χ4v) is 0.599. The van der Waals surface area contributed by atoms with Gasteiger partial charge in [0.15, 0.2) is 5.78 Å². The molecule has 0 aliphatic rings. The van der Waals surface area contributed by atoms with E-state index in [1.165, 1.54) is 13.8 Å². The molecule has 0 aromatic carbocycles. The molecule has 0 rings (SSSR count). The van der Waals surface area contributed by atoms with Gasteiger partial charge >= 0.3 is 0 Å². The fraction of sp³-hybridized carbons (Fsp3) is 0.625. The summed E-state index contributed by atoms with van der Waals surface area (Å²) in [7, 11) is 0. The van der Waals surface area contributed by atoms with Crippen LogP contribution in [-0.4, -0.2) is 30.2 Å². The summed E-state index contributed by atoms with van der Waals surface area (Å²) in [5, 5.41) is 4.76. The zero-order valence-corrected chi connectivity index (χ0v) is 8.01. The molecule has 0 saturated carbocycles. The maximum Gasteiger partial charge on any atom is 0.239 e. The van der Waals surface area contributed by atoms with E-state index >= 15 is 0 Å². The molecular weight excluding hydrogens is 172 g/mol. The molecule has 2 N–H and O–H groups in total. The van der Waals surface area contributed by atoms with E-state index in [-0.39, 0.29) is 24.1 Å². The predicted molar refractivity (Wildman–Crippen MR) is 47.0 cm³/mol. The fourth-order valence-electron chi connectivity index (χ4n) is 0.599. The molecule has 0 aromatic heterocycles. The van der Waals surface area contributed by atoms with Gasteiger partial charge in [-0.05, 0) is 13.8 Å². The van der Waals surface area contributed by atoms with Crippen molar-refractivity contribution in [2.24, 2.45) is 0 Å². The van der Waals surface area contributed by atoms with Gasteiger partial charge in [0.05, 0.1) is 12.6 Å². The minimum Gasteiger partial charge on any atom is -0.347 e. The molecule has 0 radical (unpaired) electrons. The number of Topliss-reactive ketones (excluding diaryl/α,β-unsaturated/α-hetero) is 1. The minimum atomic E-state index is -0.499. The van der Waals surface area contributed by atoms with Crippen LogP contribution in [0.5, 0.6) is 0 Å². The van der Waals surface area contributed by atoms with Gasteiger partial charge in [0, 0.05) is 6.92 Å². The smallest absolute Gasteiger partial charge is 0.239 e. The third-order valence-corrected chi connectivity index (χ3v) is 1.49. The molecule has 0 unspecified atom stereocenters. The van der Waals surface area contributed by atoms with E-state index in [2.05, 4.69) is 10.6 Å². The van der Waals surface area contributed by atoms with Gasteiger partial charge in [-0.3, -0.25) is 14.4 Å². The van der Waals surface area contributed by atoms with Crippen molar-refractivity contribution in [1.82, 2.24) is 10.6 Å². The number of nitrogens with one attached hydrogen (secondary N) is 2. The summed E-state index contributed by atoms with van der Waals surface area (Å²) in [6.07, 6.45) is 0. The lowest BCUT2D eigenvalue weighted by molar-refractivity contribution is -0.127. The predicted octanol–water partition coefficient (Wildman–Crippen LogP) is -0.784. The monoisotopic (exact) mass is 186 g/mol. The summed E-state index contributed by atoms with van der Waals surface area (Å²) >= 11 is 0. The Morgan fingerprint density at radius 1 is 1.23 bits per heavy atom. The Morgan fingerprint density at radius 3 is 2.15 bits per heavy atom. The lowest BCUT2D eigenvalue weighted by Crippen LogP contribution is -2.42.